The fraction of sp³-hybridized carbons (Fsp3) is 0.786. The van der Waals surface area contributed by atoms with E-state index in [1.807, 2.05) is 11.8 Å². The SMILES string of the molecule is CC=CCN1CCCN(C(=O)C2CCOC2)CC1. The molecule has 1 amide bonds. The summed E-state index contributed by atoms with van der Waals surface area (Å²) >= 11 is 0. The molecule has 0 aromatic carbocycles. The highest BCUT2D eigenvalue weighted by Crippen LogP contribution is 2.16. The van der Waals surface area contributed by atoms with E-state index in [0.29, 0.717) is 12.5 Å². The van der Waals surface area contributed by atoms with Gasteiger partial charge in [0.1, 0.15) is 0 Å². The Bertz CT molecular complexity index is 298. The molecular formula is C14H24N2O2. The zero-order valence-electron chi connectivity index (χ0n) is 11.3. The molecule has 0 radical (unpaired) electrons. The smallest absolute Gasteiger partial charge is 0.228 e. The molecule has 0 N–H and O–H groups in total. The Labute approximate surface area is 110 Å². The highest BCUT2D eigenvalue weighted by molar-refractivity contribution is 5.79. The number of rotatable bonds is 3. The number of carbonyl (C=O) groups excluding carboxylic acids is 1. The third-order valence-electron chi connectivity index (χ3n) is 3.78. The first-order valence-electron chi connectivity index (χ1n) is 7.01. The molecule has 2 heterocycles. The monoisotopic (exact) mass is 252 g/mol. The minimum Gasteiger partial charge on any atom is -0.381 e. The van der Waals surface area contributed by atoms with Crippen molar-refractivity contribution in [2.45, 2.75) is 19.8 Å². The molecule has 1 atom stereocenters. The zero-order valence-corrected chi connectivity index (χ0v) is 11.3. The van der Waals surface area contributed by atoms with E-state index in [9.17, 15) is 4.79 Å². The lowest BCUT2D eigenvalue weighted by Crippen LogP contribution is -2.39. The molecule has 0 aromatic heterocycles. The van der Waals surface area contributed by atoms with Crippen LogP contribution in [0, 0.1) is 5.92 Å². The van der Waals surface area contributed by atoms with Gasteiger partial charge in [-0.25, -0.2) is 0 Å². The van der Waals surface area contributed by atoms with Crippen molar-refractivity contribution in [3.8, 4) is 0 Å². The van der Waals surface area contributed by atoms with Gasteiger partial charge in [-0.1, -0.05) is 12.2 Å². The number of allylic oxidation sites excluding steroid dienone is 1. The van der Waals surface area contributed by atoms with Gasteiger partial charge in [0, 0.05) is 39.3 Å². The lowest BCUT2D eigenvalue weighted by molar-refractivity contribution is -0.135. The molecule has 2 aliphatic rings. The van der Waals surface area contributed by atoms with Gasteiger partial charge < -0.3 is 9.64 Å². The highest BCUT2D eigenvalue weighted by atomic mass is 16.5. The molecule has 2 saturated heterocycles. The van der Waals surface area contributed by atoms with Crippen molar-refractivity contribution >= 4 is 5.91 Å². The first-order valence-corrected chi connectivity index (χ1v) is 7.01. The first-order chi connectivity index (χ1) is 8.81. The van der Waals surface area contributed by atoms with Crippen LogP contribution in [0.2, 0.25) is 0 Å². The average Bonchev–Trinajstić information content (AvgIpc) is 2.82. The number of hydrogen-bond donors (Lipinski definition) is 0. The van der Waals surface area contributed by atoms with Crippen LogP contribution in [0.3, 0.4) is 0 Å². The predicted molar refractivity (Wildman–Crippen MR) is 71.4 cm³/mol. The summed E-state index contributed by atoms with van der Waals surface area (Å²) in [6, 6.07) is 0. The molecule has 102 valence electrons. The maximum atomic E-state index is 12.3. The van der Waals surface area contributed by atoms with Gasteiger partial charge in [0.05, 0.1) is 12.5 Å². The standard InChI is InChI=1S/C14H24N2O2/c1-2-3-6-15-7-4-8-16(10-9-15)14(17)13-5-11-18-12-13/h2-3,13H,4-12H2,1H3. The highest BCUT2D eigenvalue weighted by Gasteiger charge is 2.28. The van der Waals surface area contributed by atoms with Gasteiger partial charge in [-0.2, -0.15) is 0 Å². The zero-order chi connectivity index (χ0) is 12.8. The van der Waals surface area contributed by atoms with Crippen molar-refractivity contribution in [3.63, 3.8) is 0 Å². The fourth-order valence-electron chi connectivity index (χ4n) is 2.62. The van der Waals surface area contributed by atoms with E-state index >= 15 is 0 Å². The van der Waals surface area contributed by atoms with Gasteiger partial charge in [-0.15, -0.1) is 0 Å². The number of nitrogens with zero attached hydrogens (tertiary/aromatic N) is 2. The molecule has 1 unspecified atom stereocenters. The Hall–Kier alpha value is -0.870. The van der Waals surface area contributed by atoms with E-state index in [4.69, 9.17) is 4.74 Å². The summed E-state index contributed by atoms with van der Waals surface area (Å²) in [6.45, 7) is 8.28. The maximum Gasteiger partial charge on any atom is 0.228 e. The Kier molecular flexibility index (Phi) is 5.20. The molecule has 18 heavy (non-hydrogen) atoms. The first kappa shape index (κ1) is 13.6. The van der Waals surface area contributed by atoms with E-state index in [-0.39, 0.29) is 5.92 Å². The Balaban J connectivity index is 1.82. The summed E-state index contributed by atoms with van der Waals surface area (Å²) in [6.07, 6.45) is 6.25. The van der Waals surface area contributed by atoms with Gasteiger partial charge in [0.25, 0.3) is 0 Å². The summed E-state index contributed by atoms with van der Waals surface area (Å²) in [5, 5.41) is 0. The van der Waals surface area contributed by atoms with Crippen LogP contribution in [0.1, 0.15) is 19.8 Å². The van der Waals surface area contributed by atoms with Gasteiger partial charge in [0.2, 0.25) is 5.91 Å². The van der Waals surface area contributed by atoms with Gasteiger partial charge in [-0.05, 0) is 19.8 Å². The quantitative estimate of drug-likeness (QED) is 0.706. The van der Waals surface area contributed by atoms with Crippen molar-refractivity contribution < 1.29 is 9.53 Å². The second kappa shape index (κ2) is 6.90. The van der Waals surface area contributed by atoms with Gasteiger partial charge in [0.15, 0.2) is 0 Å². The molecular weight excluding hydrogens is 228 g/mol. The van der Waals surface area contributed by atoms with Crippen LogP contribution in [-0.4, -0.2) is 61.6 Å². The molecule has 2 aliphatic heterocycles. The Morgan fingerprint density at radius 1 is 1.33 bits per heavy atom. The predicted octanol–water partition coefficient (Wildman–Crippen LogP) is 1.13. The van der Waals surface area contributed by atoms with Gasteiger partial charge in [-0.3, -0.25) is 9.69 Å². The largest absolute Gasteiger partial charge is 0.381 e. The van der Waals surface area contributed by atoms with E-state index in [2.05, 4.69) is 17.1 Å². The van der Waals surface area contributed by atoms with Crippen LogP contribution >= 0.6 is 0 Å². The van der Waals surface area contributed by atoms with Gasteiger partial charge >= 0.3 is 0 Å². The molecule has 4 heteroatoms. The van der Waals surface area contributed by atoms with Crippen LogP contribution in [-0.2, 0) is 9.53 Å². The van der Waals surface area contributed by atoms with Crippen molar-refractivity contribution in [1.29, 1.82) is 0 Å². The van der Waals surface area contributed by atoms with Crippen LogP contribution in [0.25, 0.3) is 0 Å². The number of hydrogen-bond acceptors (Lipinski definition) is 3. The second-order valence-electron chi connectivity index (χ2n) is 5.11. The third kappa shape index (κ3) is 3.56. The summed E-state index contributed by atoms with van der Waals surface area (Å²) in [5.41, 5.74) is 0. The van der Waals surface area contributed by atoms with Crippen LogP contribution in [0.4, 0.5) is 0 Å². The summed E-state index contributed by atoms with van der Waals surface area (Å²) in [7, 11) is 0. The van der Waals surface area contributed by atoms with Crippen LogP contribution < -0.4 is 0 Å². The lowest BCUT2D eigenvalue weighted by Gasteiger charge is -2.23. The molecule has 0 aliphatic carbocycles. The second-order valence-corrected chi connectivity index (χ2v) is 5.11. The maximum absolute atomic E-state index is 12.3. The Morgan fingerprint density at radius 3 is 2.94 bits per heavy atom. The topological polar surface area (TPSA) is 32.8 Å². The number of ether oxygens (including phenoxy) is 1. The van der Waals surface area contributed by atoms with E-state index in [0.717, 1.165) is 52.2 Å². The summed E-state index contributed by atoms with van der Waals surface area (Å²) in [4.78, 5) is 16.7. The van der Waals surface area contributed by atoms with Crippen LogP contribution in [0.5, 0.6) is 0 Å². The van der Waals surface area contributed by atoms with Crippen LogP contribution in [0.15, 0.2) is 12.2 Å². The number of amides is 1. The molecule has 0 saturated carbocycles. The van der Waals surface area contributed by atoms with Crippen molar-refractivity contribution in [3.05, 3.63) is 12.2 Å². The summed E-state index contributed by atoms with van der Waals surface area (Å²) < 4.78 is 5.31. The molecule has 0 aromatic rings. The van der Waals surface area contributed by atoms with Crippen molar-refractivity contribution in [2.75, 3.05) is 45.9 Å². The minimum atomic E-state index is 0.118. The molecule has 2 rings (SSSR count). The van der Waals surface area contributed by atoms with Crippen molar-refractivity contribution in [2.24, 2.45) is 5.92 Å². The summed E-state index contributed by atoms with van der Waals surface area (Å²) in [5.74, 6) is 0.424. The Morgan fingerprint density at radius 2 is 2.22 bits per heavy atom. The third-order valence-corrected chi connectivity index (χ3v) is 3.78. The van der Waals surface area contributed by atoms with Crippen molar-refractivity contribution in [1.82, 2.24) is 9.80 Å². The molecule has 4 nitrogen and oxygen atoms in total. The van der Waals surface area contributed by atoms with E-state index in [1.54, 1.807) is 0 Å². The lowest BCUT2D eigenvalue weighted by atomic mass is 10.1. The molecule has 0 bridgehead atoms. The average molecular weight is 252 g/mol. The number of carbonyl (C=O) groups is 1. The van der Waals surface area contributed by atoms with E-state index < -0.39 is 0 Å². The normalized spacial score (nSPS) is 26.7. The fourth-order valence-corrected chi connectivity index (χ4v) is 2.62. The minimum absolute atomic E-state index is 0.118. The van der Waals surface area contributed by atoms with E-state index in [1.165, 1.54) is 0 Å². The molecule has 0 spiro atoms. The molecule has 2 fully saturated rings.